The number of aromatic nitrogens is 1. The summed E-state index contributed by atoms with van der Waals surface area (Å²) in [6, 6.07) is 12.3. The topological polar surface area (TPSA) is 62.3 Å². The van der Waals surface area contributed by atoms with E-state index < -0.39 is 6.04 Å². The van der Waals surface area contributed by atoms with Crippen molar-refractivity contribution < 1.29 is 9.59 Å². The minimum atomic E-state index is -0.863. The van der Waals surface area contributed by atoms with Gasteiger partial charge in [-0.1, -0.05) is 24.3 Å². The van der Waals surface area contributed by atoms with Gasteiger partial charge in [0.15, 0.2) is 6.04 Å². The van der Waals surface area contributed by atoms with Gasteiger partial charge < -0.3 is 5.32 Å². The number of nitrogens with zero attached hydrogens (tertiary/aromatic N) is 2. The van der Waals surface area contributed by atoms with Crippen LogP contribution < -0.4 is 5.32 Å². The van der Waals surface area contributed by atoms with E-state index >= 15 is 0 Å². The summed E-state index contributed by atoms with van der Waals surface area (Å²) in [6.07, 6.45) is 1.60. The number of ketones is 1. The van der Waals surface area contributed by atoms with Gasteiger partial charge in [-0.05, 0) is 37.2 Å². The fourth-order valence-electron chi connectivity index (χ4n) is 2.68. The molecule has 2 aromatic heterocycles. The van der Waals surface area contributed by atoms with Gasteiger partial charge in [0, 0.05) is 16.3 Å². The number of nitrogens with one attached hydrogen (secondary N) is 1. The zero-order chi connectivity index (χ0) is 16.7. The molecule has 0 saturated carbocycles. The summed E-state index contributed by atoms with van der Waals surface area (Å²) < 4.78 is 2.77. The molecule has 0 saturated heterocycles. The van der Waals surface area contributed by atoms with Crippen molar-refractivity contribution in [3.05, 3.63) is 53.5 Å². The predicted molar refractivity (Wildman–Crippen MR) is 96.4 cm³/mol. The zero-order valence-corrected chi connectivity index (χ0v) is 14.4. The van der Waals surface area contributed by atoms with Gasteiger partial charge in [-0.3, -0.25) is 9.59 Å². The van der Waals surface area contributed by atoms with Gasteiger partial charge in [-0.15, -0.1) is 11.3 Å². The molecule has 1 N–H and O–H groups in total. The normalized spacial score (nSPS) is 17.7. The van der Waals surface area contributed by atoms with Crippen molar-refractivity contribution in [1.29, 1.82) is 0 Å². The molecule has 0 spiro atoms. The molecule has 4 rings (SSSR count). The lowest BCUT2D eigenvalue weighted by Gasteiger charge is -2.28. The van der Waals surface area contributed by atoms with E-state index in [1.165, 1.54) is 23.3 Å². The summed E-state index contributed by atoms with van der Waals surface area (Å²) in [6.45, 7) is 0. The Morgan fingerprint density at radius 2 is 2.00 bits per heavy atom. The maximum Gasteiger partial charge on any atom is 0.251 e. The molecule has 3 aromatic rings. The third-order valence-corrected chi connectivity index (χ3v) is 6.21. The first-order valence-corrected chi connectivity index (χ1v) is 8.92. The van der Waals surface area contributed by atoms with E-state index in [1.807, 2.05) is 24.3 Å². The molecular formula is C17H13N3O2S2. The summed E-state index contributed by atoms with van der Waals surface area (Å²) in [4.78, 5) is 31.2. The van der Waals surface area contributed by atoms with Crippen molar-refractivity contribution in [1.82, 2.24) is 9.29 Å². The van der Waals surface area contributed by atoms with Crippen molar-refractivity contribution in [3.8, 4) is 0 Å². The monoisotopic (exact) mass is 355 g/mol. The average Bonchev–Trinajstić information content (AvgIpc) is 2.95. The number of carbonyl (C=O) groups is 2. The molecule has 120 valence electrons. The average molecular weight is 355 g/mol. The maximum absolute atomic E-state index is 12.9. The second kappa shape index (κ2) is 6.01. The molecule has 1 unspecified atom stereocenters. The highest BCUT2D eigenvalue weighted by Gasteiger charge is 2.40. The van der Waals surface area contributed by atoms with Crippen LogP contribution in [0.1, 0.15) is 9.67 Å². The Kier molecular flexibility index (Phi) is 3.84. The molecule has 3 heterocycles. The van der Waals surface area contributed by atoms with Crippen molar-refractivity contribution in [3.63, 3.8) is 0 Å². The molecule has 1 atom stereocenters. The summed E-state index contributed by atoms with van der Waals surface area (Å²) in [5.41, 5.74) is 0. The van der Waals surface area contributed by atoms with E-state index in [9.17, 15) is 9.59 Å². The van der Waals surface area contributed by atoms with Crippen molar-refractivity contribution in [2.75, 3.05) is 12.4 Å². The number of hydrogen-bond donors (Lipinski definition) is 1. The number of benzene rings is 1. The van der Waals surface area contributed by atoms with Gasteiger partial charge in [0.05, 0.1) is 9.77 Å². The Morgan fingerprint density at radius 1 is 1.21 bits per heavy atom. The molecule has 0 bridgehead atoms. The molecule has 5 nitrogen and oxygen atoms in total. The Bertz CT molecular complexity index is 939. The quantitative estimate of drug-likeness (QED) is 0.564. The molecule has 0 radical (unpaired) electrons. The molecule has 0 fully saturated rings. The van der Waals surface area contributed by atoms with Crippen molar-refractivity contribution >= 4 is 50.9 Å². The Hall–Kier alpha value is -2.22. The lowest BCUT2D eigenvalue weighted by molar-refractivity contribution is -0.118. The van der Waals surface area contributed by atoms with Gasteiger partial charge in [0.25, 0.3) is 5.91 Å². The lowest BCUT2D eigenvalue weighted by atomic mass is 10.1. The maximum atomic E-state index is 12.9. The number of amides is 1. The fourth-order valence-corrected chi connectivity index (χ4v) is 5.08. The first kappa shape index (κ1) is 15.3. The van der Waals surface area contributed by atoms with Gasteiger partial charge in [-0.2, -0.15) is 0 Å². The van der Waals surface area contributed by atoms with Crippen LogP contribution in [0.4, 0.5) is 5.82 Å². The summed E-state index contributed by atoms with van der Waals surface area (Å²) >= 11 is 2.89. The molecule has 1 aliphatic rings. The first-order chi connectivity index (χ1) is 11.6. The molecule has 0 aliphatic carbocycles. The molecule has 7 heteroatoms. The van der Waals surface area contributed by atoms with E-state index in [-0.39, 0.29) is 11.7 Å². The molecular weight excluding hydrogens is 342 g/mol. The minimum Gasteiger partial charge on any atom is -0.309 e. The van der Waals surface area contributed by atoms with Crippen LogP contribution in [-0.4, -0.2) is 34.1 Å². The molecule has 1 aliphatic heterocycles. The van der Waals surface area contributed by atoms with Crippen LogP contribution in [0.25, 0.3) is 10.1 Å². The van der Waals surface area contributed by atoms with Crippen LogP contribution in [0.3, 0.4) is 0 Å². The van der Waals surface area contributed by atoms with E-state index in [1.54, 1.807) is 35.7 Å². The highest BCUT2D eigenvalue weighted by atomic mass is 32.2. The van der Waals surface area contributed by atoms with E-state index in [0.29, 0.717) is 10.7 Å². The predicted octanol–water partition coefficient (Wildman–Crippen LogP) is 3.44. The Labute approximate surface area is 146 Å². The van der Waals surface area contributed by atoms with Crippen molar-refractivity contribution in [2.24, 2.45) is 0 Å². The number of fused-ring (bicyclic) bond motifs is 3. The van der Waals surface area contributed by atoms with E-state index in [0.717, 1.165) is 15.0 Å². The minimum absolute atomic E-state index is 0.166. The van der Waals surface area contributed by atoms with Gasteiger partial charge in [-0.25, -0.2) is 9.29 Å². The number of hydrogen-bond acceptors (Lipinski definition) is 6. The van der Waals surface area contributed by atoms with Crippen LogP contribution in [0.15, 0.2) is 53.6 Å². The smallest absolute Gasteiger partial charge is 0.251 e. The fraction of sp³-hybridized carbons (Fsp3) is 0.118. The number of anilines is 1. The van der Waals surface area contributed by atoms with Crippen LogP contribution in [0.5, 0.6) is 0 Å². The molecule has 24 heavy (non-hydrogen) atoms. The first-order valence-electron chi connectivity index (χ1n) is 7.33. The Balaban J connectivity index is 1.68. The van der Waals surface area contributed by atoms with Gasteiger partial charge >= 0.3 is 0 Å². The van der Waals surface area contributed by atoms with Crippen LogP contribution in [-0.2, 0) is 4.79 Å². The van der Waals surface area contributed by atoms with Gasteiger partial charge in [0.2, 0.25) is 5.78 Å². The highest BCUT2D eigenvalue weighted by Crippen LogP contribution is 2.44. The summed E-state index contributed by atoms with van der Waals surface area (Å²) in [5.74, 6) is -0.0893. The van der Waals surface area contributed by atoms with Crippen molar-refractivity contribution in [2.45, 2.75) is 10.9 Å². The third kappa shape index (κ3) is 2.50. The number of pyridine rings is 1. The summed E-state index contributed by atoms with van der Waals surface area (Å²) in [5, 5.41) is 3.78. The van der Waals surface area contributed by atoms with Crippen LogP contribution >= 0.6 is 23.3 Å². The Morgan fingerprint density at radius 3 is 2.79 bits per heavy atom. The number of rotatable bonds is 2. The second-order valence-electron chi connectivity index (χ2n) is 5.36. The van der Waals surface area contributed by atoms with Gasteiger partial charge in [0.1, 0.15) is 5.82 Å². The molecule has 1 aromatic carbocycles. The van der Waals surface area contributed by atoms with E-state index in [4.69, 9.17) is 0 Å². The number of thiophene rings is 1. The standard InChI is InChI=1S/C17H13N3O2S2/c1-20-13(17(22)19-12-8-4-5-9-18-12)14(21)16-15(24-20)10-6-2-3-7-11(10)23-16/h2-9,13H,1H3,(H,18,19,22). The summed E-state index contributed by atoms with van der Waals surface area (Å²) in [7, 11) is 1.76. The largest absolute Gasteiger partial charge is 0.309 e. The molecule has 1 amide bonds. The van der Waals surface area contributed by atoms with E-state index in [2.05, 4.69) is 10.3 Å². The number of Topliss-reactive ketones (excluding diaryl/α,β-unsaturated/α-hetero) is 1. The SMILES string of the molecule is CN1Sc2c(sc3ccccc23)C(=O)C1C(=O)Nc1ccccn1. The van der Waals surface area contributed by atoms with Crippen LogP contribution in [0.2, 0.25) is 0 Å². The third-order valence-electron chi connectivity index (χ3n) is 3.79. The lowest BCUT2D eigenvalue weighted by Crippen LogP contribution is -2.46. The highest BCUT2D eigenvalue weighted by molar-refractivity contribution is 7.97. The van der Waals surface area contributed by atoms with Crippen LogP contribution in [0, 0.1) is 0 Å². The zero-order valence-electron chi connectivity index (χ0n) is 12.7. The number of likely N-dealkylation sites (N-methyl/N-ethyl adjacent to an activating group) is 1. The number of carbonyl (C=O) groups excluding carboxylic acids is 2. The second-order valence-corrected chi connectivity index (χ2v) is 7.58.